The summed E-state index contributed by atoms with van der Waals surface area (Å²) in [6.45, 7) is 8.63. The highest BCUT2D eigenvalue weighted by molar-refractivity contribution is 5.77. The van der Waals surface area contributed by atoms with E-state index in [2.05, 4.69) is 30.2 Å². The lowest BCUT2D eigenvalue weighted by Crippen LogP contribution is -2.22. The van der Waals surface area contributed by atoms with Crippen LogP contribution < -0.4 is 9.64 Å². The van der Waals surface area contributed by atoms with Crippen LogP contribution in [0.3, 0.4) is 0 Å². The molecule has 20 heavy (non-hydrogen) atoms. The van der Waals surface area contributed by atoms with Gasteiger partial charge in [-0.3, -0.25) is 0 Å². The molecule has 0 amide bonds. The largest absolute Gasteiger partial charge is 0.453 e. The number of hydrogen-bond acceptors (Lipinski definition) is 2. The summed E-state index contributed by atoms with van der Waals surface area (Å²) in [5.74, 6) is 1.80. The molecule has 2 nitrogen and oxygen atoms in total. The maximum Gasteiger partial charge on any atom is 0.151 e. The Kier molecular flexibility index (Phi) is 3.30. The summed E-state index contributed by atoms with van der Waals surface area (Å²) >= 11 is 0. The maximum atomic E-state index is 5.96. The van der Waals surface area contributed by atoms with E-state index in [0.717, 1.165) is 41.4 Å². The molecule has 0 unspecified atom stereocenters. The van der Waals surface area contributed by atoms with Gasteiger partial charge in [0.05, 0.1) is 11.4 Å². The zero-order valence-corrected chi connectivity index (χ0v) is 11.4. The number of benzene rings is 2. The standard InChI is InChI=1S/C18H17NO/c1-3-14(2)12-13-19-15-8-4-6-10-17(15)20-18-11-7-5-9-16(18)19/h3-11H,1-2,12-13H2. The van der Waals surface area contributed by atoms with Crippen LogP contribution in [0.15, 0.2) is 73.3 Å². The van der Waals surface area contributed by atoms with Crippen LogP contribution in [0.25, 0.3) is 0 Å². The lowest BCUT2D eigenvalue weighted by Gasteiger charge is -2.32. The van der Waals surface area contributed by atoms with E-state index in [-0.39, 0.29) is 0 Å². The SMILES string of the molecule is C=CC(=C)CCN1c2ccccc2Oc2ccccc21. The van der Waals surface area contributed by atoms with Crippen LogP contribution in [-0.4, -0.2) is 6.54 Å². The number of anilines is 2. The van der Waals surface area contributed by atoms with E-state index in [1.807, 2.05) is 42.5 Å². The molecular formula is C18H17NO. The molecule has 100 valence electrons. The number of allylic oxidation sites excluding steroid dienone is 1. The van der Waals surface area contributed by atoms with E-state index < -0.39 is 0 Å². The van der Waals surface area contributed by atoms with Gasteiger partial charge in [0.1, 0.15) is 0 Å². The Labute approximate surface area is 119 Å². The van der Waals surface area contributed by atoms with Crippen LogP contribution in [0.2, 0.25) is 0 Å². The highest BCUT2D eigenvalue weighted by Gasteiger charge is 2.23. The molecule has 0 fully saturated rings. The van der Waals surface area contributed by atoms with Crippen molar-refractivity contribution >= 4 is 11.4 Å². The van der Waals surface area contributed by atoms with Crippen molar-refractivity contribution in [2.45, 2.75) is 6.42 Å². The fourth-order valence-electron chi connectivity index (χ4n) is 2.38. The molecule has 1 heterocycles. The highest BCUT2D eigenvalue weighted by Crippen LogP contribution is 2.46. The van der Waals surface area contributed by atoms with Gasteiger partial charge in [-0.25, -0.2) is 0 Å². The zero-order chi connectivity index (χ0) is 13.9. The molecule has 0 radical (unpaired) electrons. The van der Waals surface area contributed by atoms with Crippen molar-refractivity contribution in [3.05, 3.63) is 73.3 Å². The van der Waals surface area contributed by atoms with Crippen molar-refractivity contribution in [3.8, 4) is 11.5 Å². The van der Waals surface area contributed by atoms with Gasteiger partial charge in [-0.05, 0) is 30.7 Å². The average molecular weight is 263 g/mol. The summed E-state index contributed by atoms with van der Waals surface area (Å²) < 4.78 is 5.96. The van der Waals surface area contributed by atoms with E-state index >= 15 is 0 Å². The summed E-state index contributed by atoms with van der Waals surface area (Å²) in [6.07, 6.45) is 2.70. The molecule has 2 aromatic carbocycles. The van der Waals surface area contributed by atoms with Crippen LogP contribution in [0.1, 0.15) is 6.42 Å². The van der Waals surface area contributed by atoms with Gasteiger partial charge < -0.3 is 9.64 Å². The molecule has 0 N–H and O–H groups in total. The molecule has 3 rings (SSSR count). The first-order valence-electron chi connectivity index (χ1n) is 6.73. The summed E-state index contributed by atoms with van der Waals surface area (Å²) in [5.41, 5.74) is 3.25. The molecule has 0 atom stereocenters. The molecule has 0 aliphatic carbocycles. The van der Waals surface area contributed by atoms with E-state index in [0.29, 0.717) is 0 Å². The molecule has 0 aromatic heterocycles. The van der Waals surface area contributed by atoms with Crippen molar-refractivity contribution in [2.75, 3.05) is 11.4 Å². The highest BCUT2D eigenvalue weighted by atomic mass is 16.5. The second-order valence-corrected chi connectivity index (χ2v) is 4.80. The van der Waals surface area contributed by atoms with Gasteiger partial charge in [0.15, 0.2) is 11.5 Å². The fraction of sp³-hybridized carbons (Fsp3) is 0.111. The topological polar surface area (TPSA) is 12.5 Å². The van der Waals surface area contributed by atoms with Crippen LogP contribution >= 0.6 is 0 Å². The summed E-state index contributed by atoms with van der Waals surface area (Å²) in [4.78, 5) is 2.28. The second kappa shape index (κ2) is 5.25. The van der Waals surface area contributed by atoms with Gasteiger partial charge in [-0.15, -0.1) is 0 Å². The molecule has 2 aromatic rings. The number of fused-ring (bicyclic) bond motifs is 2. The number of para-hydroxylation sites is 4. The van der Waals surface area contributed by atoms with Gasteiger partial charge in [-0.2, -0.15) is 0 Å². The minimum atomic E-state index is 0.863. The number of ether oxygens (including phenoxy) is 1. The predicted octanol–water partition coefficient (Wildman–Crippen LogP) is 5.06. The quantitative estimate of drug-likeness (QED) is 0.715. The fourth-order valence-corrected chi connectivity index (χ4v) is 2.38. The number of nitrogens with zero attached hydrogens (tertiary/aromatic N) is 1. The first-order valence-corrected chi connectivity index (χ1v) is 6.73. The van der Waals surface area contributed by atoms with Crippen molar-refractivity contribution in [2.24, 2.45) is 0 Å². The first kappa shape index (κ1) is 12.5. The lowest BCUT2D eigenvalue weighted by molar-refractivity contribution is 0.473. The Morgan fingerprint density at radius 3 is 2.10 bits per heavy atom. The number of hydrogen-bond donors (Lipinski definition) is 0. The van der Waals surface area contributed by atoms with Gasteiger partial charge in [-0.1, -0.05) is 49.1 Å². The van der Waals surface area contributed by atoms with E-state index in [9.17, 15) is 0 Å². The minimum Gasteiger partial charge on any atom is -0.453 e. The summed E-state index contributed by atoms with van der Waals surface area (Å²) in [6, 6.07) is 16.2. The molecule has 0 bridgehead atoms. The molecule has 1 aliphatic heterocycles. The molecule has 2 heteroatoms. The van der Waals surface area contributed by atoms with Gasteiger partial charge in [0.2, 0.25) is 0 Å². The Morgan fingerprint density at radius 2 is 1.55 bits per heavy atom. The minimum absolute atomic E-state index is 0.863. The van der Waals surface area contributed by atoms with Crippen molar-refractivity contribution in [1.29, 1.82) is 0 Å². The second-order valence-electron chi connectivity index (χ2n) is 4.80. The Hall–Kier alpha value is -2.48. The van der Waals surface area contributed by atoms with Crippen LogP contribution in [0.5, 0.6) is 11.5 Å². The van der Waals surface area contributed by atoms with E-state index in [1.54, 1.807) is 0 Å². The van der Waals surface area contributed by atoms with Gasteiger partial charge >= 0.3 is 0 Å². The Morgan fingerprint density at radius 1 is 1.00 bits per heavy atom. The smallest absolute Gasteiger partial charge is 0.151 e. The molecule has 0 saturated heterocycles. The molecule has 0 spiro atoms. The van der Waals surface area contributed by atoms with Crippen molar-refractivity contribution in [3.63, 3.8) is 0 Å². The van der Waals surface area contributed by atoms with E-state index in [1.165, 1.54) is 0 Å². The number of rotatable bonds is 4. The predicted molar refractivity (Wildman–Crippen MR) is 83.9 cm³/mol. The lowest BCUT2D eigenvalue weighted by atomic mass is 10.1. The van der Waals surface area contributed by atoms with Crippen LogP contribution in [-0.2, 0) is 0 Å². The molecule has 1 aliphatic rings. The summed E-state index contributed by atoms with van der Waals surface area (Å²) in [5, 5.41) is 0. The molecular weight excluding hydrogens is 246 g/mol. The zero-order valence-electron chi connectivity index (χ0n) is 11.4. The third-order valence-electron chi connectivity index (χ3n) is 3.48. The van der Waals surface area contributed by atoms with Crippen molar-refractivity contribution < 1.29 is 4.74 Å². The Bertz CT molecular complexity index is 614. The maximum absolute atomic E-state index is 5.96. The third kappa shape index (κ3) is 2.21. The first-order chi connectivity index (χ1) is 9.79. The van der Waals surface area contributed by atoms with Gasteiger partial charge in [0, 0.05) is 6.54 Å². The summed E-state index contributed by atoms with van der Waals surface area (Å²) in [7, 11) is 0. The molecule has 0 saturated carbocycles. The third-order valence-corrected chi connectivity index (χ3v) is 3.48. The normalized spacial score (nSPS) is 12.1. The van der Waals surface area contributed by atoms with Crippen molar-refractivity contribution in [1.82, 2.24) is 0 Å². The average Bonchev–Trinajstić information content (AvgIpc) is 2.51. The monoisotopic (exact) mass is 263 g/mol. The van der Waals surface area contributed by atoms with Crippen LogP contribution in [0, 0.1) is 0 Å². The Balaban J connectivity index is 1.99. The van der Waals surface area contributed by atoms with Gasteiger partial charge in [0.25, 0.3) is 0 Å². The van der Waals surface area contributed by atoms with Crippen LogP contribution in [0.4, 0.5) is 11.4 Å². The van der Waals surface area contributed by atoms with E-state index in [4.69, 9.17) is 4.74 Å².